The standard InChI is InChI=1S/C18H20O6/c1-10-9-13(19)16(18(21)24-4)15(14(10)17(20)23-3)11-5-7-12(22-2)8-6-11/h5-9,14-16H,1-4H3. The molecule has 1 aliphatic rings. The first kappa shape index (κ1) is 17.7. The number of hydrogen-bond acceptors (Lipinski definition) is 6. The SMILES string of the molecule is COC(=O)C1C(=O)C=C(C)C(C(=O)OC)C1c1ccc(OC)cc1. The first-order chi connectivity index (χ1) is 11.4. The van der Waals surface area contributed by atoms with E-state index in [4.69, 9.17) is 14.2 Å². The highest BCUT2D eigenvalue weighted by molar-refractivity contribution is 6.08. The molecule has 0 saturated carbocycles. The minimum Gasteiger partial charge on any atom is -0.497 e. The van der Waals surface area contributed by atoms with Gasteiger partial charge in [-0.25, -0.2) is 0 Å². The van der Waals surface area contributed by atoms with E-state index in [-0.39, 0.29) is 5.78 Å². The first-order valence-corrected chi connectivity index (χ1v) is 7.46. The van der Waals surface area contributed by atoms with Gasteiger partial charge in [0, 0.05) is 5.92 Å². The van der Waals surface area contributed by atoms with E-state index in [2.05, 4.69) is 0 Å². The van der Waals surface area contributed by atoms with Crippen molar-refractivity contribution in [3.05, 3.63) is 41.5 Å². The van der Waals surface area contributed by atoms with Crippen LogP contribution < -0.4 is 4.74 Å². The molecule has 1 aromatic rings. The number of ether oxygens (including phenoxy) is 3. The van der Waals surface area contributed by atoms with Gasteiger partial charge < -0.3 is 14.2 Å². The summed E-state index contributed by atoms with van der Waals surface area (Å²) in [4.78, 5) is 36.9. The minimum atomic E-state index is -1.09. The van der Waals surface area contributed by atoms with Crippen molar-refractivity contribution in [2.45, 2.75) is 12.8 Å². The number of hydrogen-bond donors (Lipinski definition) is 0. The fourth-order valence-electron chi connectivity index (χ4n) is 3.12. The second-order valence-electron chi connectivity index (χ2n) is 5.59. The number of methoxy groups -OCH3 is 3. The summed E-state index contributed by atoms with van der Waals surface area (Å²) < 4.78 is 14.8. The summed E-state index contributed by atoms with van der Waals surface area (Å²) in [5.74, 6) is -3.41. The number of rotatable bonds is 4. The predicted molar refractivity (Wildman–Crippen MR) is 85.5 cm³/mol. The quantitative estimate of drug-likeness (QED) is 0.619. The average molecular weight is 332 g/mol. The van der Waals surface area contributed by atoms with E-state index in [1.54, 1.807) is 38.3 Å². The van der Waals surface area contributed by atoms with Crippen LogP contribution in [0.2, 0.25) is 0 Å². The van der Waals surface area contributed by atoms with Crippen LogP contribution >= 0.6 is 0 Å². The summed E-state index contributed by atoms with van der Waals surface area (Å²) in [5, 5.41) is 0. The summed E-state index contributed by atoms with van der Waals surface area (Å²) in [6.45, 7) is 1.68. The van der Waals surface area contributed by atoms with Crippen LogP contribution in [0, 0.1) is 11.8 Å². The monoisotopic (exact) mass is 332 g/mol. The molecule has 0 bridgehead atoms. The van der Waals surface area contributed by atoms with Gasteiger partial charge in [-0.1, -0.05) is 17.7 Å². The molecule has 0 aromatic heterocycles. The lowest BCUT2D eigenvalue weighted by Gasteiger charge is -2.34. The Hall–Kier alpha value is -2.63. The third-order valence-corrected chi connectivity index (χ3v) is 4.30. The average Bonchev–Trinajstić information content (AvgIpc) is 2.60. The molecule has 2 rings (SSSR count). The van der Waals surface area contributed by atoms with Gasteiger partial charge in [0.05, 0.1) is 27.2 Å². The molecule has 0 amide bonds. The van der Waals surface area contributed by atoms with Crippen molar-refractivity contribution in [2.24, 2.45) is 11.8 Å². The van der Waals surface area contributed by atoms with Gasteiger partial charge in [0.1, 0.15) is 11.7 Å². The van der Waals surface area contributed by atoms with E-state index in [0.29, 0.717) is 16.9 Å². The van der Waals surface area contributed by atoms with Crippen molar-refractivity contribution in [1.29, 1.82) is 0 Å². The number of benzene rings is 1. The maximum absolute atomic E-state index is 12.4. The van der Waals surface area contributed by atoms with E-state index in [0.717, 1.165) is 0 Å². The number of esters is 2. The maximum atomic E-state index is 12.4. The Morgan fingerprint density at radius 3 is 1.96 bits per heavy atom. The van der Waals surface area contributed by atoms with Crippen LogP contribution in [0.3, 0.4) is 0 Å². The van der Waals surface area contributed by atoms with Gasteiger partial charge in [-0.3, -0.25) is 14.4 Å². The van der Waals surface area contributed by atoms with Gasteiger partial charge in [-0.15, -0.1) is 0 Å². The topological polar surface area (TPSA) is 78.9 Å². The van der Waals surface area contributed by atoms with E-state index in [9.17, 15) is 14.4 Å². The van der Waals surface area contributed by atoms with E-state index in [1.165, 1.54) is 20.3 Å². The molecule has 0 fully saturated rings. The fourth-order valence-corrected chi connectivity index (χ4v) is 3.12. The fraction of sp³-hybridized carbons (Fsp3) is 0.389. The Morgan fingerprint density at radius 1 is 0.917 bits per heavy atom. The normalized spacial score (nSPS) is 23.2. The Kier molecular flexibility index (Phi) is 5.39. The zero-order valence-corrected chi connectivity index (χ0v) is 14.1. The molecule has 0 N–H and O–H groups in total. The molecule has 0 aliphatic heterocycles. The van der Waals surface area contributed by atoms with Gasteiger partial charge in [-0.2, -0.15) is 0 Å². The number of allylic oxidation sites excluding steroid dienone is 1. The molecule has 24 heavy (non-hydrogen) atoms. The third-order valence-electron chi connectivity index (χ3n) is 4.30. The molecule has 0 radical (unpaired) electrons. The highest BCUT2D eigenvalue weighted by Crippen LogP contribution is 2.42. The van der Waals surface area contributed by atoms with Crippen molar-refractivity contribution in [3.8, 4) is 5.75 Å². The van der Waals surface area contributed by atoms with Crippen LogP contribution in [0.4, 0.5) is 0 Å². The highest BCUT2D eigenvalue weighted by Gasteiger charge is 2.47. The lowest BCUT2D eigenvalue weighted by Crippen LogP contribution is -2.41. The number of carbonyl (C=O) groups excluding carboxylic acids is 3. The van der Waals surface area contributed by atoms with Gasteiger partial charge >= 0.3 is 11.9 Å². The molecule has 6 heteroatoms. The third kappa shape index (κ3) is 3.18. The number of carbonyl (C=O) groups is 3. The molecule has 1 aliphatic carbocycles. The zero-order chi connectivity index (χ0) is 17.9. The first-order valence-electron chi connectivity index (χ1n) is 7.46. The van der Waals surface area contributed by atoms with E-state index in [1.807, 2.05) is 0 Å². The van der Waals surface area contributed by atoms with Gasteiger partial charge in [0.15, 0.2) is 5.78 Å². The molecular weight excluding hydrogens is 312 g/mol. The van der Waals surface area contributed by atoms with Crippen molar-refractivity contribution in [2.75, 3.05) is 21.3 Å². The Bertz CT molecular complexity index is 673. The van der Waals surface area contributed by atoms with E-state index >= 15 is 0 Å². The van der Waals surface area contributed by atoms with Crippen molar-refractivity contribution >= 4 is 17.7 Å². The van der Waals surface area contributed by atoms with Crippen molar-refractivity contribution in [3.63, 3.8) is 0 Å². The van der Waals surface area contributed by atoms with Crippen LogP contribution in [0.1, 0.15) is 18.4 Å². The molecule has 3 unspecified atom stereocenters. The second kappa shape index (κ2) is 7.29. The molecule has 3 atom stereocenters. The Morgan fingerprint density at radius 2 is 1.46 bits per heavy atom. The minimum absolute atomic E-state index is 0.375. The van der Waals surface area contributed by atoms with E-state index < -0.39 is 29.7 Å². The summed E-state index contributed by atoms with van der Waals surface area (Å²) in [6, 6.07) is 6.91. The second-order valence-corrected chi connectivity index (χ2v) is 5.59. The molecule has 128 valence electrons. The highest BCUT2D eigenvalue weighted by atomic mass is 16.5. The molecule has 0 spiro atoms. The molecule has 0 saturated heterocycles. The van der Waals surface area contributed by atoms with Crippen molar-refractivity contribution in [1.82, 2.24) is 0 Å². The summed E-state index contributed by atoms with van der Waals surface area (Å²) in [7, 11) is 4.05. The summed E-state index contributed by atoms with van der Waals surface area (Å²) in [6.07, 6.45) is 1.32. The lowest BCUT2D eigenvalue weighted by atomic mass is 9.68. The summed E-state index contributed by atoms with van der Waals surface area (Å²) >= 11 is 0. The zero-order valence-electron chi connectivity index (χ0n) is 14.1. The molecule has 0 heterocycles. The molecular formula is C18H20O6. The van der Waals surface area contributed by atoms with Gasteiger partial charge in [-0.05, 0) is 30.7 Å². The predicted octanol–water partition coefficient (Wildman–Crippen LogP) is 1.89. The van der Waals surface area contributed by atoms with Crippen LogP contribution in [-0.2, 0) is 23.9 Å². The Balaban J connectivity index is 2.58. The van der Waals surface area contributed by atoms with Gasteiger partial charge in [0.25, 0.3) is 0 Å². The molecule has 1 aromatic carbocycles. The van der Waals surface area contributed by atoms with Crippen LogP contribution in [0.15, 0.2) is 35.9 Å². The summed E-state index contributed by atoms with van der Waals surface area (Å²) in [5.41, 5.74) is 1.23. The molecule has 6 nitrogen and oxygen atoms in total. The maximum Gasteiger partial charge on any atom is 0.317 e. The Labute approximate surface area is 140 Å². The van der Waals surface area contributed by atoms with Crippen LogP contribution in [0.5, 0.6) is 5.75 Å². The number of ketones is 1. The van der Waals surface area contributed by atoms with Gasteiger partial charge in [0.2, 0.25) is 0 Å². The van der Waals surface area contributed by atoms with Crippen LogP contribution in [0.25, 0.3) is 0 Å². The van der Waals surface area contributed by atoms with Crippen LogP contribution in [-0.4, -0.2) is 39.1 Å². The van der Waals surface area contributed by atoms with Crippen molar-refractivity contribution < 1.29 is 28.6 Å². The largest absolute Gasteiger partial charge is 0.497 e. The smallest absolute Gasteiger partial charge is 0.317 e. The lowest BCUT2D eigenvalue weighted by molar-refractivity contribution is -0.152.